The summed E-state index contributed by atoms with van der Waals surface area (Å²) in [7, 11) is -3.60. The van der Waals surface area contributed by atoms with Gasteiger partial charge in [0, 0.05) is 19.8 Å². The number of anilines is 1. The van der Waals surface area contributed by atoms with Gasteiger partial charge in [0.15, 0.2) is 17.5 Å². The Morgan fingerprint density at radius 1 is 0.800 bits per heavy atom. The highest BCUT2D eigenvalue weighted by molar-refractivity contribution is 7.54. The van der Waals surface area contributed by atoms with Crippen molar-refractivity contribution in [3.8, 4) is 5.75 Å². The number of nitrogens with one attached hydrogen (secondary N) is 1. The third-order valence-corrected chi connectivity index (χ3v) is 9.13. The summed E-state index contributed by atoms with van der Waals surface area (Å²) in [5.41, 5.74) is 5.80. The number of fused-ring (bicyclic) bond motifs is 1. The molecule has 3 aromatic rings. The highest BCUT2D eigenvalue weighted by Gasteiger charge is 2.27. The van der Waals surface area contributed by atoms with Crippen molar-refractivity contribution >= 4 is 24.7 Å². The van der Waals surface area contributed by atoms with Crippen LogP contribution >= 0.6 is 7.60 Å². The molecule has 1 atom stereocenters. The van der Waals surface area contributed by atoms with Crippen LogP contribution in [0, 0.1) is 0 Å². The number of unbranched alkanes of at least 4 members (excludes halogenated alkanes) is 13. The molecule has 0 bridgehead atoms. The minimum atomic E-state index is -3.60. The van der Waals surface area contributed by atoms with Gasteiger partial charge in [-0.2, -0.15) is 4.98 Å². The fourth-order valence-corrected chi connectivity index (χ4v) is 6.45. The molecule has 0 aliphatic carbocycles. The molecule has 0 saturated heterocycles. The second-order valence-electron chi connectivity index (χ2n) is 11.5. The molecule has 2 aromatic heterocycles. The average Bonchev–Trinajstić information content (AvgIpc) is 3.44. The van der Waals surface area contributed by atoms with Crippen molar-refractivity contribution in [2.24, 2.45) is 0 Å². The quantitative estimate of drug-likeness (QED) is 0.0624. The minimum absolute atomic E-state index is 0.00731. The number of para-hydroxylation sites is 1. The standard InChI is InChI=1S/C33H54N5O6P/c1-2-3-4-5-6-7-8-9-10-11-12-13-14-18-23-41-24-19-25-43-45(40,44-29-20-16-15-17-21-29)28-42-26-22-38-27-35-30-31(38)36-33(34)37-32(30)39/h15-17,20-21,27H,2-14,18-19,22-26,28H2,1H3,(H3,34,36,37,39). The van der Waals surface area contributed by atoms with Crippen LogP contribution in [-0.4, -0.2) is 52.3 Å². The molecule has 45 heavy (non-hydrogen) atoms. The van der Waals surface area contributed by atoms with E-state index in [4.69, 9.17) is 24.3 Å². The second kappa shape index (κ2) is 21.9. The smallest absolute Gasteiger partial charge is 0.404 e. The van der Waals surface area contributed by atoms with E-state index in [2.05, 4.69) is 21.9 Å². The van der Waals surface area contributed by atoms with Crippen LogP contribution in [-0.2, 0) is 25.1 Å². The largest absolute Gasteiger partial charge is 0.423 e. The Bertz CT molecular complexity index is 1300. The number of hydrogen-bond acceptors (Lipinski definition) is 9. The first-order valence-electron chi connectivity index (χ1n) is 16.8. The monoisotopic (exact) mass is 647 g/mol. The summed E-state index contributed by atoms with van der Waals surface area (Å²) in [4.78, 5) is 22.6. The molecule has 0 radical (unpaired) electrons. The van der Waals surface area contributed by atoms with Gasteiger partial charge < -0.3 is 24.3 Å². The Morgan fingerprint density at radius 3 is 2.09 bits per heavy atom. The van der Waals surface area contributed by atoms with Crippen LogP contribution in [0.4, 0.5) is 5.95 Å². The maximum atomic E-state index is 13.5. The Kier molecular flexibility index (Phi) is 17.9. The van der Waals surface area contributed by atoms with Crippen LogP contribution in [0.1, 0.15) is 103 Å². The molecule has 0 fully saturated rings. The lowest BCUT2D eigenvalue weighted by Gasteiger charge is -2.19. The van der Waals surface area contributed by atoms with Gasteiger partial charge >= 0.3 is 7.60 Å². The van der Waals surface area contributed by atoms with E-state index < -0.39 is 13.2 Å². The molecule has 252 valence electrons. The van der Waals surface area contributed by atoms with E-state index in [1.165, 1.54) is 89.8 Å². The fraction of sp³-hybridized carbons (Fsp3) is 0.667. The van der Waals surface area contributed by atoms with Gasteiger partial charge in [-0.1, -0.05) is 109 Å². The van der Waals surface area contributed by atoms with Crippen LogP contribution < -0.4 is 15.8 Å². The number of aromatic nitrogens is 4. The zero-order valence-electron chi connectivity index (χ0n) is 27.1. The van der Waals surface area contributed by atoms with E-state index in [0.717, 1.165) is 13.0 Å². The summed E-state index contributed by atoms with van der Waals surface area (Å²) in [6.45, 7) is 4.26. The van der Waals surface area contributed by atoms with Crippen molar-refractivity contribution in [2.45, 2.75) is 110 Å². The predicted octanol–water partition coefficient (Wildman–Crippen LogP) is 7.85. The summed E-state index contributed by atoms with van der Waals surface area (Å²) in [6, 6.07) is 8.90. The first kappa shape index (κ1) is 36.7. The van der Waals surface area contributed by atoms with Crippen LogP contribution in [0.2, 0.25) is 0 Å². The number of hydrogen-bond donors (Lipinski definition) is 2. The Hall–Kier alpha value is -2.72. The summed E-state index contributed by atoms with van der Waals surface area (Å²) >= 11 is 0. The van der Waals surface area contributed by atoms with Gasteiger partial charge in [-0.15, -0.1) is 0 Å². The van der Waals surface area contributed by atoms with Crippen molar-refractivity contribution < 1.29 is 23.1 Å². The highest BCUT2D eigenvalue weighted by atomic mass is 31.2. The van der Waals surface area contributed by atoms with Crippen molar-refractivity contribution in [1.82, 2.24) is 19.5 Å². The van der Waals surface area contributed by atoms with Crippen molar-refractivity contribution in [3.63, 3.8) is 0 Å². The Morgan fingerprint density at radius 2 is 1.42 bits per heavy atom. The lowest BCUT2D eigenvalue weighted by molar-refractivity contribution is 0.107. The van der Waals surface area contributed by atoms with Crippen LogP contribution in [0.15, 0.2) is 41.5 Å². The topological polar surface area (TPSA) is 144 Å². The van der Waals surface area contributed by atoms with E-state index in [1.807, 2.05) is 6.07 Å². The van der Waals surface area contributed by atoms with E-state index in [1.54, 1.807) is 28.8 Å². The lowest BCUT2D eigenvalue weighted by Crippen LogP contribution is -2.14. The average molecular weight is 648 g/mol. The van der Waals surface area contributed by atoms with Crippen LogP contribution in [0.25, 0.3) is 11.2 Å². The van der Waals surface area contributed by atoms with Crippen LogP contribution in [0.5, 0.6) is 5.75 Å². The van der Waals surface area contributed by atoms with Crippen LogP contribution in [0.3, 0.4) is 0 Å². The molecular weight excluding hydrogens is 593 g/mol. The number of nitrogens with two attached hydrogens (primary N) is 1. The third-order valence-electron chi connectivity index (χ3n) is 7.57. The van der Waals surface area contributed by atoms with Gasteiger partial charge in [0.1, 0.15) is 5.75 Å². The molecule has 3 rings (SSSR count). The molecule has 0 saturated carbocycles. The van der Waals surface area contributed by atoms with Gasteiger partial charge in [-0.25, -0.2) is 9.55 Å². The Labute approximate surface area is 268 Å². The normalized spacial score (nSPS) is 12.9. The maximum Gasteiger partial charge on any atom is 0.404 e. The molecule has 0 amide bonds. The zero-order chi connectivity index (χ0) is 32.0. The SMILES string of the molecule is CCCCCCCCCCCCCCCCOCCCOP(=O)(COCCn1cnc2c(=O)[nH]c(N)nc21)Oc1ccccc1. The third kappa shape index (κ3) is 14.9. The molecule has 12 heteroatoms. The number of nitrogens with zero attached hydrogens (tertiary/aromatic N) is 3. The zero-order valence-corrected chi connectivity index (χ0v) is 28.0. The number of nitrogen functional groups attached to an aromatic ring is 1. The number of ether oxygens (including phenoxy) is 2. The maximum absolute atomic E-state index is 13.5. The molecule has 2 heterocycles. The molecule has 1 aromatic carbocycles. The lowest BCUT2D eigenvalue weighted by atomic mass is 10.0. The number of aromatic amines is 1. The van der Waals surface area contributed by atoms with Crippen molar-refractivity contribution in [2.75, 3.05) is 38.5 Å². The summed E-state index contributed by atoms with van der Waals surface area (Å²) in [6.07, 6.45) is 20.5. The molecule has 1 unspecified atom stereocenters. The number of imidazole rings is 1. The van der Waals surface area contributed by atoms with E-state index in [-0.39, 0.29) is 31.0 Å². The molecule has 0 aliphatic heterocycles. The van der Waals surface area contributed by atoms with E-state index in [9.17, 15) is 9.36 Å². The second-order valence-corrected chi connectivity index (χ2v) is 13.4. The summed E-state index contributed by atoms with van der Waals surface area (Å²) < 4.78 is 38.1. The van der Waals surface area contributed by atoms with E-state index in [0.29, 0.717) is 31.0 Å². The van der Waals surface area contributed by atoms with Gasteiger partial charge in [0.2, 0.25) is 5.95 Å². The first-order chi connectivity index (χ1) is 22.0. The molecule has 11 nitrogen and oxygen atoms in total. The van der Waals surface area contributed by atoms with E-state index >= 15 is 0 Å². The molecule has 0 aliphatic rings. The molecule has 3 N–H and O–H groups in total. The summed E-state index contributed by atoms with van der Waals surface area (Å²) in [5.74, 6) is 0.450. The predicted molar refractivity (Wildman–Crippen MR) is 180 cm³/mol. The number of H-pyrrole nitrogens is 1. The van der Waals surface area contributed by atoms with Gasteiger partial charge in [-0.3, -0.25) is 14.3 Å². The molecule has 0 spiro atoms. The molecular formula is C33H54N5O6P. The van der Waals surface area contributed by atoms with Gasteiger partial charge in [0.05, 0.1) is 19.5 Å². The van der Waals surface area contributed by atoms with Crippen molar-refractivity contribution in [3.05, 3.63) is 47.0 Å². The van der Waals surface area contributed by atoms with Gasteiger partial charge in [0.25, 0.3) is 5.56 Å². The highest BCUT2D eigenvalue weighted by Crippen LogP contribution is 2.48. The summed E-state index contributed by atoms with van der Waals surface area (Å²) in [5, 5.41) is 0. The van der Waals surface area contributed by atoms with Crippen molar-refractivity contribution in [1.29, 1.82) is 0 Å². The fourth-order valence-electron chi connectivity index (χ4n) is 5.07. The number of benzene rings is 1. The number of rotatable bonds is 27. The Balaban J connectivity index is 1.25. The first-order valence-corrected chi connectivity index (χ1v) is 18.6. The van der Waals surface area contributed by atoms with Gasteiger partial charge in [-0.05, 0) is 25.0 Å². The minimum Gasteiger partial charge on any atom is -0.423 e.